The fourth-order valence-electron chi connectivity index (χ4n) is 2.99. The average Bonchev–Trinajstić information content (AvgIpc) is 2.95. The van der Waals surface area contributed by atoms with E-state index in [0.29, 0.717) is 5.56 Å². The molecule has 1 amide bonds. The molecule has 0 radical (unpaired) electrons. The lowest BCUT2D eigenvalue weighted by Gasteiger charge is -2.17. The van der Waals surface area contributed by atoms with E-state index in [2.05, 4.69) is 10.3 Å². The Bertz CT molecular complexity index is 857. The van der Waals surface area contributed by atoms with Crippen LogP contribution in [0.25, 0.3) is 5.82 Å². The highest BCUT2D eigenvalue weighted by Gasteiger charge is 2.20. The number of benzene rings is 1. The molecule has 5 heteroatoms. The van der Waals surface area contributed by atoms with Crippen LogP contribution in [0.4, 0.5) is 0 Å². The van der Waals surface area contributed by atoms with Crippen LogP contribution < -0.4 is 5.32 Å². The maximum Gasteiger partial charge on any atom is 0.253 e. The van der Waals surface area contributed by atoms with E-state index < -0.39 is 6.04 Å². The molecule has 1 unspecified atom stereocenters. The van der Waals surface area contributed by atoms with Gasteiger partial charge in [-0.2, -0.15) is 0 Å². The highest BCUT2D eigenvalue weighted by atomic mass is 16.3. The van der Waals surface area contributed by atoms with Crippen molar-refractivity contribution in [1.29, 1.82) is 0 Å². The lowest BCUT2D eigenvalue weighted by molar-refractivity contribution is 0.0915. The van der Waals surface area contributed by atoms with Crippen LogP contribution in [0.15, 0.2) is 60.8 Å². The third-order valence-electron chi connectivity index (χ3n) is 4.24. The largest absolute Gasteiger partial charge is 0.394 e. The number of aryl methyl sites for hydroxylation is 1. The molecule has 2 heterocycles. The molecule has 0 fully saturated rings. The molecule has 2 N–H and O–H groups in total. The molecular weight excluding hydrogens is 314 g/mol. The third-order valence-corrected chi connectivity index (χ3v) is 4.24. The summed E-state index contributed by atoms with van der Waals surface area (Å²) in [6.45, 7) is 3.68. The molecule has 3 rings (SSSR count). The van der Waals surface area contributed by atoms with E-state index in [0.717, 1.165) is 22.8 Å². The maximum absolute atomic E-state index is 12.7. The number of amides is 1. The predicted octanol–water partition coefficient (Wildman–Crippen LogP) is 2.95. The zero-order valence-electron chi connectivity index (χ0n) is 14.3. The van der Waals surface area contributed by atoms with Crippen LogP contribution in [0.3, 0.4) is 0 Å². The van der Waals surface area contributed by atoms with Gasteiger partial charge in [0.25, 0.3) is 5.91 Å². The van der Waals surface area contributed by atoms with E-state index in [1.165, 1.54) is 0 Å². The van der Waals surface area contributed by atoms with E-state index in [1.54, 1.807) is 6.20 Å². The number of carbonyl (C=O) groups is 1. The molecule has 25 heavy (non-hydrogen) atoms. The summed E-state index contributed by atoms with van der Waals surface area (Å²) >= 11 is 0. The molecule has 0 aliphatic heterocycles. The summed E-state index contributed by atoms with van der Waals surface area (Å²) < 4.78 is 1.95. The number of aromatic nitrogens is 2. The first-order valence-electron chi connectivity index (χ1n) is 8.19. The smallest absolute Gasteiger partial charge is 0.253 e. The Morgan fingerprint density at radius 1 is 1.16 bits per heavy atom. The monoisotopic (exact) mass is 335 g/mol. The van der Waals surface area contributed by atoms with Gasteiger partial charge in [-0.15, -0.1) is 0 Å². The summed E-state index contributed by atoms with van der Waals surface area (Å²) in [7, 11) is 0. The van der Waals surface area contributed by atoms with Gasteiger partial charge < -0.3 is 15.0 Å². The van der Waals surface area contributed by atoms with Gasteiger partial charge in [0, 0.05) is 17.6 Å². The molecule has 2 aromatic heterocycles. The second-order valence-corrected chi connectivity index (χ2v) is 5.93. The summed E-state index contributed by atoms with van der Waals surface area (Å²) in [5.41, 5.74) is 3.20. The van der Waals surface area contributed by atoms with E-state index in [-0.39, 0.29) is 12.5 Å². The van der Waals surface area contributed by atoms with E-state index in [4.69, 9.17) is 0 Å². The third kappa shape index (κ3) is 3.46. The zero-order valence-corrected chi connectivity index (χ0v) is 14.3. The van der Waals surface area contributed by atoms with Crippen molar-refractivity contribution in [3.63, 3.8) is 0 Å². The quantitative estimate of drug-likeness (QED) is 0.753. The molecule has 0 spiro atoms. The van der Waals surface area contributed by atoms with Gasteiger partial charge in [0.2, 0.25) is 0 Å². The topological polar surface area (TPSA) is 67.2 Å². The standard InChI is InChI=1S/C20H21N3O2/c1-14-12-17(15(2)23(14)19-10-6-7-11-21-19)20(25)22-18(13-24)16-8-4-3-5-9-16/h3-12,18,24H,13H2,1-2H3,(H,22,25). The molecule has 0 aliphatic rings. The second kappa shape index (κ2) is 7.32. The van der Waals surface area contributed by atoms with Crippen LogP contribution in [0.2, 0.25) is 0 Å². The number of hydrogen-bond donors (Lipinski definition) is 2. The minimum Gasteiger partial charge on any atom is -0.394 e. The van der Waals surface area contributed by atoms with E-state index in [9.17, 15) is 9.90 Å². The van der Waals surface area contributed by atoms with Crippen molar-refractivity contribution in [1.82, 2.24) is 14.9 Å². The summed E-state index contributed by atoms with van der Waals surface area (Å²) in [6.07, 6.45) is 1.73. The Hall–Kier alpha value is -2.92. The van der Waals surface area contributed by atoms with Gasteiger partial charge in [0.05, 0.1) is 18.2 Å². The lowest BCUT2D eigenvalue weighted by atomic mass is 10.1. The van der Waals surface area contributed by atoms with Crippen LogP contribution in [-0.2, 0) is 0 Å². The maximum atomic E-state index is 12.7. The van der Waals surface area contributed by atoms with Crippen LogP contribution >= 0.6 is 0 Å². The van der Waals surface area contributed by atoms with Gasteiger partial charge in [-0.05, 0) is 37.6 Å². The molecular formula is C20H21N3O2. The van der Waals surface area contributed by atoms with Gasteiger partial charge in [-0.1, -0.05) is 36.4 Å². The number of hydrogen-bond acceptors (Lipinski definition) is 3. The normalized spacial score (nSPS) is 12.0. The van der Waals surface area contributed by atoms with Crippen molar-refractivity contribution in [2.75, 3.05) is 6.61 Å². The summed E-state index contributed by atoms with van der Waals surface area (Å²) in [6, 6.07) is 16.5. The van der Waals surface area contributed by atoms with Crippen molar-refractivity contribution >= 4 is 5.91 Å². The number of pyridine rings is 1. The van der Waals surface area contributed by atoms with Crippen LogP contribution in [0.5, 0.6) is 0 Å². The Balaban J connectivity index is 1.88. The zero-order chi connectivity index (χ0) is 17.8. The molecule has 3 aromatic rings. The average molecular weight is 335 g/mol. The molecule has 128 valence electrons. The fourth-order valence-corrected chi connectivity index (χ4v) is 2.99. The van der Waals surface area contributed by atoms with Crippen molar-refractivity contribution < 1.29 is 9.90 Å². The molecule has 1 atom stereocenters. The van der Waals surface area contributed by atoms with E-state index >= 15 is 0 Å². The van der Waals surface area contributed by atoms with Gasteiger partial charge in [-0.25, -0.2) is 4.98 Å². The fraction of sp³-hybridized carbons (Fsp3) is 0.200. The van der Waals surface area contributed by atoms with Crippen molar-refractivity contribution in [2.45, 2.75) is 19.9 Å². The highest BCUT2D eigenvalue weighted by molar-refractivity contribution is 5.96. The first kappa shape index (κ1) is 16.9. The number of rotatable bonds is 5. The predicted molar refractivity (Wildman–Crippen MR) is 96.8 cm³/mol. The Morgan fingerprint density at radius 2 is 1.88 bits per heavy atom. The van der Waals surface area contributed by atoms with Gasteiger partial charge in [0.15, 0.2) is 0 Å². The Labute approximate surface area is 147 Å². The number of aliphatic hydroxyl groups is 1. The van der Waals surface area contributed by atoms with Gasteiger partial charge in [0.1, 0.15) is 5.82 Å². The summed E-state index contributed by atoms with van der Waals surface area (Å²) in [4.78, 5) is 17.1. The van der Waals surface area contributed by atoms with Crippen molar-refractivity contribution in [2.24, 2.45) is 0 Å². The Kier molecular flexibility index (Phi) is 4.95. The number of aliphatic hydroxyl groups excluding tert-OH is 1. The van der Waals surface area contributed by atoms with Crippen molar-refractivity contribution in [3.05, 3.63) is 83.3 Å². The minimum absolute atomic E-state index is 0.158. The molecule has 0 aliphatic carbocycles. The van der Waals surface area contributed by atoms with Crippen LogP contribution in [0, 0.1) is 13.8 Å². The molecule has 1 aromatic carbocycles. The molecule has 0 bridgehead atoms. The molecule has 0 saturated carbocycles. The van der Waals surface area contributed by atoms with Gasteiger partial charge in [-0.3, -0.25) is 4.79 Å². The minimum atomic E-state index is -0.438. The van der Waals surface area contributed by atoms with Crippen LogP contribution in [-0.4, -0.2) is 27.2 Å². The second-order valence-electron chi connectivity index (χ2n) is 5.93. The highest BCUT2D eigenvalue weighted by Crippen LogP contribution is 2.20. The van der Waals surface area contributed by atoms with Crippen LogP contribution in [0.1, 0.15) is 33.4 Å². The van der Waals surface area contributed by atoms with Crippen molar-refractivity contribution in [3.8, 4) is 5.82 Å². The summed E-state index contributed by atoms with van der Waals surface area (Å²) in [5.74, 6) is 0.566. The first-order chi connectivity index (χ1) is 12.1. The summed E-state index contributed by atoms with van der Waals surface area (Å²) in [5, 5.41) is 12.6. The number of nitrogens with one attached hydrogen (secondary N) is 1. The SMILES string of the molecule is Cc1cc(C(=O)NC(CO)c2ccccc2)c(C)n1-c1ccccn1. The van der Waals surface area contributed by atoms with E-state index in [1.807, 2.05) is 73.0 Å². The molecule has 5 nitrogen and oxygen atoms in total. The van der Waals surface area contributed by atoms with Gasteiger partial charge >= 0.3 is 0 Å². The lowest BCUT2D eigenvalue weighted by Crippen LogP contribution is -2.31. The first-order valence-corrected chi connectivity index (χ1v) is 8.19. The number of nitrogens with zero attached hydrogens (tertiary/aromatic N) is 2. The Morgan fingerprint density at radius 3 is 2.52 bits per heavy atom. The number of carbonyl (C=O) groups excluding carboxylic acids is 1. The molecule has 0 saturated heterocycles.